The van der Waals surface area contributed by atoms with Crippen LogP contribution in [0.15, 0.2) is 12.2 Å². The molecule has 0 aromatic rings. The van der Waals surface area contributed by atoms with E-state index in [1.54, 1.807) is 0 Å². The highest BCUT2D eigenvalue weighted by molar-refractivity contribution is 6.74. The van der Waals surface area contributed by atoms with Crippen molar-refractivity contribution < 1.29 is 23.8 Å². The van der Waals surface area contributed by atoms with Crippen LogP contribution in [0.3, 0.4) is 0 Å². The summed E-state index contributed by atoms with van der Waals surface area (Å²) in [7, 11) is -1.92. The molecule has 5 nitrogen and oxygen atoms in total. The summed E-state index contributed by atoms with van der Waals surface area (Å²) in [6.07, 6.45) is 0.303. The van der Waals surface area contributed by atoms with E-state index in [-0.39, 0.29) is 29.8 Å². The maximum atomic E-state index is 11.0. The summed E-state index contributed by atoms with van der Waals surface area (Å²) in [6, 6.07) is 0. The molecule has 0 amide bonds. The van der Waals surface area contributed by atoms with Gasteiger partial charge in [-0.2, -0.15) is 0 Å². The van der Waals surface area contributed by atoms with Crippen LogP contribution in [0.25, 0.3) is 0 Å². The number of esters is 1. The maximum absolute atomic E-state index is 11.0. The summed E-state index contributed by atoms with van der Waals surface area (Å²) in [5, 5.41) is 10.5. The van der Waals surface area contributed by atoms with Gasteiger partial charge in [0, 0.05) is 19.8 Å². The minimum absolute atomic E-state index is 0.0567. The number of carbonyl (C=O) groups is 1. The smallest absolute Gasteiger partial charge is 0.302 e. The molecule has 1 saturated carbocycles. The van der Waals surface area contributed by atoms with Gasteiger partial charge >= 0.3 is 5.97 Å². The first-order valence-corrected chi connectivity index (χ1v) is 11.2. The van der Waals surface area contributed by atoms with Gasteiger partial charge < -0.3 is 19.0 Å². The summed E-state index contributed by atoms with van der Waals surface area (Å²) in [5.74, 6) is -0.327. The van der Waals surface area contributed by atoms with Crippen molar-refractivity contribution >= 4 is 14.3 Å². The van der Waals surface area contributed by atoms with Gasteiger partial charge in [-0.25, -0.2) is 0 Å². The van der Waals surface area contributed by atoms with Gasteiger partial charge in [0.05, 0.1) is 12.2 Å². The first-order chi connectivity index (χ1) is 10.4. The Hall–Kier alpha value is -0.693. The molecule has 4 atom stereocenters. The van der Waals surface area contributed by atoms with Crippen LogP contribution in [0.1, 0.15) is 40.5 Å². The predicted octanol–water partition coefficient (Wildman–Crippen LogP) is 2.79. The molecule has 132 valence electrons. The molecular weight excluding hydrogens is 312 g/mol. The molecule has 2 rings (SSSR count). The summed E-state index contributed by atoms with van der Waals surface area (Å²) in [6.45, 7) is 16.6. The number of carbonyl (C=O) groups excluding carboxylic acids is 1. The zero-order valence-corrected chi connectivity index (χ0v) is 16.1. The molecule has 6 heteroatoms. The summed E-state index contributed by atoms with van der Waals surface area (Å²) < 4.78 is 17.3. The van der Waals surface area contributed by atoms with E-state index < -0.39 is 20.0 Å². The van der Waals surface area contributed by atoms with Gasteiger partial charge in [0.2, 0.25) is 0 Å². The molecule has 0 aromatic heterocycles. The van der Waals surface area contributed by atoms with Crippen LogP contribution in [0, 0.1) is 0 Å². The fraction of sp³-hybridized carbons (Fsp3) is 0.824. The van der Waals surface area contributed by atoms with E-state index in [0.29, 0.717) is 18.4 Å². The zero-order chi connectivity index (χ0) is 17.6. The lowest BCUT2D eigenvalue weighted by Gasteiger charge is -2.42. The number of ether oxygens (including phenoxy) is 2. The molecule has 0 bridgehead atoms. The lowest BCUT2D eigenvalue weighted by atomic mass is 9.79. The summed E-state index contributed by atoms with van der Waals surface area (Å²) in [4.78, 5) is 11.0. The van der Waals surface area contributed by atoms with E-state index in [4.69, 9.17) is 13.9 Å². The Morgan fingerprint density at radius 3 is 2.61 bits per heavy atom. The average Bonchev–Trinajstić information content (AvgIpc) is 3.05. The van der Waals surface area contributed by atoms with Crippen LogP contribution in [0.5, 0.6) is 0 Å². The van der Waals surface area contributed by atoms with Crippen LogP contribution in [-0.4, -0.2) is 49.9 Å². The van der Waals surface area contributed by atoms with Crippen LogP contribution in [0.4, 0.5) is 0 Å². The molecule has 1 aliphatic carbocycles. The number of aliphatic hydroxyl groups excluding tert-OH is 1. The van der Waals surface area contributed by atoms with Crippen molar-refractivity contribution in [1.29, 1.82) is 0 Å². The third-order valence-corrected chi connectivity index (χ3v) is 10.0. The molecule has 1 aliphatic heterocycles. The van der Waals surface area contributed by atoms with Gasteiger partial charge in [0.1, 0.15) is 18.3 Å². The van der Waals surface area contributed by atoms with Crippen molar-refractivity contribution in [2.24, 2.45) is 0 Å². The molecule has 2 aliphatic rings. The van der Waals surface area contributed by atoms with Gasteiger partial charge in [0.15, 0.2) is 8.32 Å². The van der Waals surface area contributed by atoms with Crippen molar-refractivity contribution in [2.45, 2.75) is 82.6 Å². The van der Waals surface area contributed by atoms with Crippen LogP contribution < -0.4 is 0 Å². The molecule has 0 unspecified atom stereocenters. The normalized spacial score (nSPS) is 34.6. The van der Waals surface area contributed by atoms with Gasteiger partial charge in [-0.05, 0) is 23.7 Å². The standard InChI is InChI=1S/C17H30O5Si/c1-11-14(19)8-13(22-23(6,7)16(3,4)5)9-17(11)15(21-17)10-20-12(2)18/h13-15,19H,1,8-10H2,2-7H3/t13-,14-,15-,17+/m0/s1. The quantitative estimate of drug-likeness (QED) is 0.368. The Morgan fingerprint density at radius 1 is 1.48 bits per heavy atom. The number of rotatable bonds is 4. The largest absolute Gasteiger partial charge is 0.463 e. The number of hydrogen-bond acceptors (Lipinski definition) is 5. The fourth-order valence-corrected chi connectivity index (χ4v) is 4.32. The van der Waals surface area contributed by atoms with Gasteiger partial charge in [0.25, 0.3) is 0 Å². The molecule has 23 heavy (non-hydrogen) atoms. The maximum Gasteiger partial charge on any atom is 0.302 e. The molecule has 1 heterocycles. The summed E-state index contributed by atoms with van der Waals surface area (Å²) >= 11 is 0. The Bertz CT molecular complexity index is 496. The minimum Gasteiger partial charge on any atom is -0.463 e. The van der Waals surface area contributed by atoms with Crippen molar-refractivity contribution in [2.75, 3.05) is 6.61 Å². The number of hydrogen-bond donors (Lipinski definition) is 1. The molecule has 1 saturated heterocycles. The highest BCUT2D eigenvalue weighted by atomic mass is 28.4. The van der Waals surface area contributed by atoms with Crippen molar-refractivity contribution in [3.63, 3.8) is 0 Å². The third kappa shape index (κ3) is 3.70. The second kappa shape index (κ2) is 5.99. The van der Waals surface area contributed by atoms with Gasteiger partial charge in [-0.3, -0.25) is 4.79 Å². The monoisotopic (exact) mass is 342 g/mol. The predicted molar refractivity (Wildman–Crippen MR) is 90.7 cm³/mol. The lowest BCUT2D eigenvalue weighted by Crippen LogP contribution is -2.49. The second-order valence-corrected chi connectivity index (χ2v) is 13.0. The van der Waals surface area contributed by atoms with E-state index >= 15 is 0 Å². The summed E-state index contributed by atoms with van der Waals surface area (Å²) in [5.41, 5.74) is 0.0879. The molecular formula is C17H30O5Si. The average molecular weight is 343 g/mol. The SMILES string of the molecule is C=C1[C@@H](O)C[C@H](O[Si](C)(C)C(C)(C)C)C[C@@]12O[C@H]2COC(C)=O. The number of epoxide rings is 1. The van der Waals surface area contributed by atoms with E-state index in [2.05, 4.69) is 40.4 Å². The molecule has 2 fully saturated rings. The van der Waals surface area contributed by atoms with Gasteiger partial charge in [-0.15, -0.1) is 0 Å². The fourth-order valence-electron chi connectivity index (χ4n) is 2.95. The minimum atomic E-state index is -1.92. The molecule has 1 N–H and O–H groups in total. The molecule has 1 spiro atoms. The first kappa shape index (κ1) is 18.6. The van der Waals surface area contributed by atoms with Crippen LogP contribution in [0.2, 0.25) is 18.1 Å². The van der Waals surface area contributed by atoms with E-state index in [0.717, 1.165) is 0 Å². The Balaban J connectivity index is 2.06. The lowest BCUT2D eigenvalue weighted by molar-refractivity contribution is -0.141. The van der Waals surface area contributed by atoms with Crippen LogP contribution in [-0.2, 0) is 18.7 Å². The second-order valence-electron chi connectivity index (χ2n) is 8.28. The highest BCUT2D eigenvalue weighted by Gasteiger charge is 2.63. The topological polar surface area (TPSA) is 68.3 Å². The highest BCUT2D eigenvalue weighted by Crippen LogP contribution is 2.52. The Labute approximate surface area is 140 Å². The Morgan fingerprint density at radius 2 is 2.09 bits per heavy atom. The van der Waals surface area contributed by atoms with E-state index in [1.807, 2.05) is 0 Å². The van der Waals surface area contributed by atoms with Crippen molar-refractivity contribution in [3.8, 4) is 0 Å². The third-order valence-electron chi connectivity index (χ3n) is 5.48. The van der Waals surface area contributed by atoms with Crippen molar-refractivity contribution in [3.05, 3.63) is 12.2 Å². The van der Waals surface area contributed by atoms with Crippen molar-refractivity contribution in [1.82, 2.24) is 0 Å². The molecule has 0 aromatic carbocycles. The van der Waals surface area contributed by atoms with E-state index in [9.17, 15) is 9.90 Å². The number of aliphatic hydroxyl groups is 1. The first-order valence-electron chi connectivity index (χ1n) is 8.25. The molecule has 0 radical (unpaired) electrons. The Kier molecular flexibility index (Phi) is 4.85. The zero-order valence-electron chi connectivity index (χ0n) is 15.1. The van der Waals surface area contributed by atoms with E-state index in [1.165, 1.54) is 6.92 Å². The van der Waals surface area contributed by atoms with Gasteiger partial charge in [-0.1, -0.05) is 27.4 Å². The van der Waals surface area contributed by atoms with Crippen LogP contribution >= 0.6 is 0 Å².